The number of hydrogen-bond donors (Lipinski definition) is 0. The topological polar surface area (TPSA) is 57.7 Å². The number of amides is 1. The van der Waals surface area contributed by atoms with Crippen LogP contribution in [0.25, 0.3) is 0 Å². The Labute approximate surface area is 153 Å². The van der Waals surface area contributed by atoms with Crippen LogP contribution in [0.4, 0.5) is 0 Å². The van der Waals surface area contributed by atoms with E-state index in [1.165, 1.54) is 17.1 Å². The van der Waals surface area contributed by atoms with Gasteiger partial charge >= 0.3 is 0 Å². The van der Waals surface area contributed by atoms with Crippen LogP contribution >= 0.6 is 11.8 Å². The van der Waals surface area contributed by atoms with Gasteiger partial charge in [-0.2, -0.15) is 16.1 Å². The highest BCUT2D eigenvalue weighted by molar-refractivity contribution is 7.99. The van der Waals surface area contributed by atoms with Crippen molar-refractivity contribution >= 4 is 27.7 Å². The van der Waals surface area contributed by atoms with Crippen LogP contribution in [0.15, 0.2) is 29.2 Å². The molecule has 1 aliphatic carbocycles. The van der Waals surface area contributed by atoms with Crippen molar-refractivity contribution in [3.8, 4) is 0 Å². The number of carbonyl (C=O) groups excluding carboxylic acids is 1. The van der Waals surface area contributed by atoms with Gasteiger partial charge in [0.05, 0.1) is 4.90 Å². The number of fused-ring (bicyclic) bond motifs is 2. The molecule has 2 atom stereocenters. The van der Waals surface area contributed by atoms with Gasteiger partial charge in [0.1, 0.15) is 0 Å². The summed E-state index contributed by atoms with van der Waals surface area (Å²) in [6, 6.07) is 6.96. The first kappa shape index (κ1) is 17.4. The van der Waals surface area contributed by atoms with Gasteiger partial charge < -0.3 is 4.90 Å². The van der Waals surface area contributed by atoms with Crippen LogP contribution < -0.4 is 0 Å². The van der Waals surface area contributed by atoms with Crippen molar-refractivity contribution in [3.05, 3.63) is 29.8 Å². The number of nitrogens with zero attached hydrogens (tertiary/aromatic N) is 2. The van der Waals surface area contributed by atoms with Crippen LogP contribution in [0.1, 0.15) is 36.0 Å². The smallest absolute Gasteiger partial charge is 0.254 e. The molecule has 136 valence electrons. The first-order chi connectivity index (χ1) is 12.1. The third-order valence-electron chi connectivity index (χ3n) is 5.60. The summed E-state index contributed by atoms with van der Waals surface area (Å²) in [7, 11) is -3.51. The Morgan fingerprint density at radius 3 is 2.72 bits per heavy atom. The summed E-state index contributed by atoms with van der Waals surface area (Å²) in [6.45, 7) is 1.91. The van der Waals surface area contributed by atoms with E-state index in [-0.39, 0.29) is 10.8 Å². The minimum Gasteiger partial charge on any atom is -0.335 e. The van der Waals surface area contributed by atoms with E-state index in [0.717, 1.165) is 30.9 Å². The Morgan fingerprint density at radius 2 is 1.96 bits per heavy atom. The van der Waals surface area contributed by atoms with Crippen molar-refractivity contribution in [3.63, 3.8) is 0 Å². The fourth-order valence-electron chi connectivity index (χ4n) is 4.28. The molecule has 1 aromatic carbocycles. The normalized spacial score (nSPS) is 27.4. The van der Waals surface area contributed by atoms with E-state index < -0.39 is 10.0 Å². The van der Waals surface area contributed by atoms with Gasteiger partial charge in [-0.1, -0.05) is 12.5 Å². The van der Waals surface area contributed by atoms with E-state index in [4.69, 9.17) is 0 Å². The second-order valence-corrected chi connectivity index (χ2v) is 10.4. The van der Waals surface area contributed by atoms with Crippen LogP contribution in [0.5, 0.6) is 0 Å². The number of hydrogen-bond acceptors (Lipinski definition) is 4. The summed E-state index contributed by atoms with van der Waals surface area (Å²) < 4.78 is 27.3. The number of rotatable bonds is 3. The third kappa shape index (κ3) is 3.34. The van der Waals surface area contributed by atoms with Crippen molar-refractivity contribution in [2.24, 2.45) is 5.92 Å². The molecule has 3 fully saturated rings. The molecule has 0 unspecified atom stereocenters. The molecule has 0 N–H and O–H groups in total. The molecule has 2 heterocycles. The highest BCUT2D eigenvalue weighted by atomic mass is 32.2. The largest absolute Gasteiger partial charge is 0.335 e. The minimum absolute atomic E-state index is 0.0133. The first-order valence-electron chi connectivity index (χ1n) is 9.04. The van der Waals surface area contributed by atoms with Crippen LogP contribution in [0.2, 0.25) is 0 Å². The average Bonchev–Trinajstić information content (AvgIpc) is 2.95. The summed E-state index contributed by atoms with van der Waals surface area (Å²) in [6.07, 6.45) is 4.59. The third-order valence-corrected chi connectivity index (χ3v) is 8.44. The molecule has 4 rings (SSSR count). The zero-order valence-corrected chi connectivity index (χ0v) is 15.9. The van der Waals surface area contributed by atoms with Crippen molar-refractivity contribution < 1.29 is 13.2 Å². The molecule has 25 heavy (non-hydrogen) atoms. The summed E-state index contributed by atoms with van der Waals surface area (Å²) in [5.41, 5.74) is 0.500. The zero-order chi connectivity index (χ0) is 17.4. The van der Waals surface area contributed by atoms with Gasteiger partial charge in [0.25, 0.3) is 5.91 Å². The van der Waals surface area contributed by atoms with Gasteiger partial charge in [0, 0.05) is 42.7 Å². The molecule has 0 aromatic heterocycles. The fourth-order valence-corrected chi connectivity index (χ4v) is 6.90. The Hall–Kier alpha value is -1.05. The summed E-state index contributed by atoms with van der Waals surface area (Å²) >= 11 is 1.78. The Morgan fingerprint density at radius 1 is 1.16 bits per heavy atom. The molecular weight excluding hydrogens is 356 g/mol. The lowest BCUT2D eigenvalue weighted by molar-refractivity contribution is 0.0733. The molecule has 0 radical (unpaired) electrons. The second kappa shape index (κ2) is 6.93. The van der Waals surface area contributed by atoms with Gasteiger partial charge in [0.15, 0.2) is 0 Å². The molecule has 5 nitrogen and oxygen atoms in total. The number of thioether (sulfide) groups is 1. The molecule has 1 saturated carbocycles. The Balaban J connectivity index is 1.58. The van der Waals surface area contributed by atoms with Gasteiger partial charge in [-0.25, -0.2) is 8.42 Å². The van der Waals surface area contributed by atoms with Gasteiger partial charge in [-0.05, 0) is 43.4 Å². The highest BCUT2D eigenvalue weighted by Gasteiger charge is 2.38. The molecule has 1 amide bonds. The quantitative estimate of drug-likeness (QED) is 0.808. The number of benzene rings is 1. The lowest BCUT2D eigenvalue weighted by Crippen LogP contribution is -2.38. The minimum atomic E-state index is -3.51. The SMILES string of the molecule is O=C(c1cccc(S(=O)(=O)N2CCSCC2)c1)N1C[C@H]2CCC[C@@H]1C2. The summed E-state index contributed by atoms with van der Waals surface area (Å²) in [5, 5.41) is 0. The molecule has 3 aliphatic rings. The van der Waals surface area contributed by atoms with Crippen LogP contribution in [-0.2, 0) is 10.0 Å². The van der Waals surface area contributed by atoms with E-state index >= 15 is 0 Å². The molecule has 2 saturated heterocycles. The first-order valence-corrected chi connectivity index (χ1v) is 11.6. The Kier molecular flexibility index (Phi) is 4.81. The van der Waals surface area contributed by atoms with Crippen LogP contribution in [-0.4, -0.2) is 60.7 Å². The molecular formula is C18H24N2O3S2. The monoisotopic (exact) mass is 380 g/mol. The molecule has 2 bridgehead atoms. The summed E-state index contributed by atoms with van der Waals surface area (Å²) in [4.78, 5) is 15.2. The van der Waals surface area contributed by atoms with Crippen molar-refractivity contribution in [1.29, 1.82) is 0 Å². The van der Waals surface area contributed by atoms with Gasteiger partial charge in [0.2, 0.25) is 10.0 Å². The van der Waals surface area contributed by atoms with Crippen molar-refractivity contribution in [1.82, 2.24) is 9.21 Å². The molecule has 1 aromatic rings. The predicted molar refractivity (Wildman–Crippen MR) is 99.3 cm³/mol. The van der Waals surface area contributed by atoms with Crippen LogP contribution in [0, 0.1) is 5.92 Å². The van der Waals surface area contributed by atoms with E-state index in [9.17, 15) is 13.2 Å². The molecule has 0 spiro atoms. The lowest BCUT2D eigenvalue weighted by Gasteiger charge is -2.26. The maximum Gasteiger partial charge on any atom is 0.254 e. The average molecular weight is 381 g/mol. The second-order valence-electron chi connectivity index (χ2n) is 7.19. The number of sulfonamides is 1. The van der Waals surface area contributed by atoms with E-state index in [0.29, 0.717) is 30.6 Å². The van der Waals surface area contributed by atoms with Gasteiger partial charge in [-0.3, -0.25) is 4.79 Å². The number of likely N-dealkylation sites (tertiary alicyclic amines) is 1. The maximum atomic E-state index is 13.0. The lowest BCUT2D eigenvalue weighted by atomic mass is 9.90. The van der Waals surface area contributed by atoms with Crippen LogP contribution in [0.3, 0.4) is 0 Å². The Bertz CT molecular complexity index is 759. The highest BCUT2D eigenvalue weighted by Crippen LogP contribution is 2.36. The number of carbonyl (C=O) groups is 1. The van der Waals surface area contributed by atoms with Gasteiger partial charge in [-0.15, -0.1) is 0 Å². The van der Waals surface area contributed by atoms with Crippen molar-refractivity contribution in [2.75, 3.05) is 31.1 Å². The fraction of sp³-hybridized carbons (Fsp3) is 0.611. The van der Waals surface area contributed by atoms with Crippen molar-refractivity contribution in [2.45, 2.75) is 36.6 Å². The molecule has 7 heteroatoms. The predicted octanol–water partition coefficient (Wildman–Crippen LogP) is 2.44. The zero-order valence-electron chi connectivity index (χ0n) is 14.3. The molecule has 2 aliphatic heterocycles. The van der Waals surface area contributed by atoms with E-state index in [2.05, 4.69) is 0 Å². The maximum absolute atomic E-state index is 13.0. The summed E-state index contributed by atoms with van der Waals surface area (Å²) in [5.74, 6) is 2.27. The standard InChI is InChI=1S/C18H24N2O3S2/c21-18(20-13-14-3-1-5-16(20)11-14)15-4-2-6-17(12-15)25(22,23)19-7-9-24-10-8-19/h2,4,6,12,14,16H,1,3,5,7-11,13H2/t14-,16+/m0/s1. The van der Waals surface area contributed by atoms with E-state index in [1.54, 1.807) is 36.0 Å². The van der Waals surface area contributed by atoms with E-state index in [1.807, 2.05) is 4.90 Å².